The highest BCUT2D eigenvalue weighted by molar-refractivity contribution is 6.30. The summed E-state index contributed by atoms with van der Waals surface area (Å²) < 4.78 is 0. The summed E-state index contributed by atoms with van der Waals surface area (Å²) in [7, 11) is 0. The smallest absolute Gasteiger partial charge is 0.240 e. The minimum atomic E-state index is -0.456. The van der Waals surface area contributed by atoms with Crippen molar-refractivity contribution in [1.82, 2.24) is 4.90 Å². The van der Waals surface area contributed by atoms with Gasteiger partial charge in [-0.3, -0.25) is 4.79 Å². The van der Waals surface area contributed by atoms with Crippen LogP contribution in [-0.2, 0) is 4.79 Å². The number of aliphatic hydroxyl groups excluding tert-OH is 1. The molecule has 1 amide bonds. The highest BCUT2D eigenvalue weighted by Gasteiger charge is 2.28. The van der Waals surface area contributed by atoms with Gasteiger partial charge in [0.15, 0.2) is 0 Å². The largest absolute Gasteiger partial charge is 0.393 e. The van der Waals surface area contributed by atoms with Crippen LogP contribution in [0.5, 0.6) is 0 Å². The summed E-state index contributed by atoms with van der Waals surface area (Å²) in [6.45, 7) is 4.88. The monoisotopic (exact) mass is 205 g/mol. The van der Waals surface area contributed by atoms with Gasteiger partial charge in [-0.1, -0.05) is 6.92 Å². The summed E-state index contributed by atoms with van der Waals surface area (Å²) in [5.74, 6) is 0.133. The molecule has 0 aromatic heterocycles. The van der Waals surface area contributed by atoms with Gasteiger partial charge in [0.25, 0.3) is 0 Å². The quantitative estimate of drug-likeness (QED) is 0.645. The number of nitrogens with zero attached hydrogens (tertiary/aromatic N) is 1. The third-order valence-electron chi connectivity index (χ3n) is 2.51. The zero-order chi connectivity index (χ0) is 10.0. The van der Waals surface area contributed by atoms with E-state index in [4.69, 9.17) is 11.6 Å². The van der Waals surface area contributed by atoms with Gasteiger partial charge in [-0.25, -0.2) is 0 Å². The van der Waals surface area contributed by atoms with Crippen molar-refractivity contribution in [2.24, 2.45) is 5.92 Å². The Labute approximate surface area is 83.7 Å². The lowest BCUT2D eigenvalue weighted by atomic mass is 9.96. The Kier molecular flexibility index (Phi) is 3.56. The van der Waals surface area contributed by atoms with Crippen LogP contribution in [-0.4, -0.2) is 40.5 Å². The van der Waals surface area contributed by atoms with Crippen LogP contribution in [0.15, 0.2) is 0 Å². The van der Waals surface area contributed by atoms with E-state index in [-0.39, 0.29) is 17.9 Å². The van der Waals surface area contributed by atoms with Crippen LogP contribution in [0.1, 0.15) is 20.3 Å². The molecule has 1 heterocycles. The minimum absolute atomic E-state index is 0.0274. The zero-order valence-electron chi connectivity index (χ0n) is 8.03. The molecule has 1 aliphatic heterocycles. The lowest BCUT2D eigenvalue weighted by Crippen LogP contribution is -2.47. The van der Waals surface area contributed by atoms with Gasteiger partial charge in [0.05, 0.1) is 6.10 Å². The molecule has 4 heteroatoms. The highest BCUT2D eigenvalue weighted by atomic mass is 35.5. The fourth-order valence-electron chi connectivity index (χ4n) is 1.58. The van der Waals surface area contributed by atoms with E-state index >= 15 is 0 Å². The first-order chi connectivity index (χ1) is 6.02. The average Bonchev–Trinajstić information content (AvgIpc) is 2.08. The van der Waals surface area contributed by atoms with Gasteiger partial charge in [0.2, 0.25) is 5.91 Å². The standard InChI is InChI=1S/C9H16ClNO2/c1-6-5-11(4-3-8(6)12)9(13)7(2)10/h6-8,12H,3-5H2,1-2H3/t6-,7+,8+/m1/s1. The van der Waals surface area contributed by atoms with Crippen LogP contribution in [0.3, 0.4) is 0 Å². The van der Waals surface area contributed by atoms with Gasteiger partial charge >= 0.3 is 0 Å². The molecule has 1 rings (SSSR count). The third-order valence-corrected chi connectivity index (χ3v) is 2.70. The number of piperidine rings is 1. The number of hydrogen-bond donors (Lipinski definition) is 1. The molecule has 1 aliphatic rings. The second-order valence-corrected chi connectivity index (χ2v) is 4.39. The number of carbonyl (C=O) groups excluding carboxylic acids is 1. The fourth-order valence-corrected chi connectivity index (χ4v) is 1.72. The van der Waals surface area contributed by atoms with Gasteiger partial charge < -0.3 is 10.0 Å². The molecule has 1 N–H and O–H groups in total. The minimum Gasteiger partial charge on any atom is -0.393 e. The summed E-state index contributed by atoms with van der Waals surface area (Å²) in [5, 5.41) is 8.99. The van der Waals surface area contributed by atoms with Crippen LogP contribution < -0.4 is 0 Å². The summed E-state index contributed by atoms with van der Waals surface area (Å²) >= 11 is 5.69. The van der Waals surface area contributed by atoms with Crippen molar-refractivity contribution in [3.63, 3.8) is 0 Å². The Bertz CT molecular complexity index is 196. The van der Waals surface area contributed by atoms with Crippen LogP contribution in [0.25, 0.3) is 0 Å². The third kappa shape index (κ3) is 2.58. The summed E-state index contributed by atoms with van der Waals surface area (Å²) in [6.07, 6.45) is 0.394. The lowest BCUT2D eigenvalue weighted by Gasteiger charge is -2.34. The second-order valence-electron chi connectivity index (χ2n) is 3.73. The van der Waals surface area contributed by atoms with Crippen molar-refractivity contribution in [2.75, 3.05) is 13.1 Å². The van der Waals surface area contributed by atoms with Gasteiger partial charge in [0, 0.05) is 13.1 Å². The van der Waals surface area contributed by atoms with E-state index in [0.29, 0.717) is 19.5 Å². The van der Waals surface area contributed by atoms with Gasteiger partial charge in [-0.05, 0) is 19.3 Å². The van der Waals surface area contributed by atoms with Crippen molar-refractivity contribution < 1.29 is 9.90 Å². The Balaban J connectivity index is 2.50. The molecule has 3 atom stereocenters. The van der Waals surface area contributed by atoms with Crippen molar-refractivity contribution in [2.45, 2.75) is 31.7 Å². The topological polar surface area (TPSA) is 40.5 Å². The summed E-state index contributed by atoms with van der Waals surface area (Å²) in [4.78, 5) is 13.2. The molecule has 3 nitrogen and oxygen atoms in total. The fraction of sp³-hybridized carbons (Fsp3) is 0.889. The average molecular weight is 206 g/mol. The van der Waals surface area contributed by atoms with Gasteiger partial charge in [-0.2, -0.15) is 0 Å². The van der Waals surface area contributed by atoms with Gasteiger partial charge in [-0.15, -0.1) is 11.6 Å². The predicted molar refractivity (Wildman–Crippen MR) is 51.7 cm³/mol. The van der Waals surface area contributed by atoms with Crippen LogP contribution in [0.4, 0.5) is 0 Å². The first-order valence-electron chi connectivity index (χ1n) is 4.63. The molecule has 0 radical (unpaired) electrons. The normalized spacial score (nSPS) is 31.5. The van der Waals surface area contributed by atoms with E-state index < -0.39 is 5.38 Å². The van der Waals surface area contributed by atoms with E-state index in [9.17, 15) is 9.90 Å². The number of amides is 1. The van der Waals surface area contributed by atoms with E-state index in [2.05, 4.69) is 0 Å². The summed E-state index contributed by atoms with van der Waals surface area (Å²) in [5.41, 5.74) is 0. The van der Waals surface area contributed by atoms with Crippen molar-refractivity contribution in [1.29, 1.82) is 0 Å². The first kappa shape index (κ1) is 10.8. The molecule has 13 heavy (non-hydrogen) atoms. The molecule has 76 valence electrons. The van der Waals surface area contributed by atoms with Crippen LogP contribution >= 0.6 is 11.6 Å². The second kappa shape index (κ2) is 4.29. The lowest BCUT2D eigenvalue weighted by molar-refractivity contribution is -0.134. The maximum atomic E-state index is 11.5. The Morgan fingerprint density at radius 2 is 2.31 bits per heavy atom. The Hall–Kier alpha value is -0.280. The van der Waals surface area contributed by atoms with E-state index in [1.807, 2.05) is 6.92 Å². The molecular formula is C9H16ClNO2. The molecule has 0 saturated carbocycles. The van der Waals surface area contributed by atoms with Crippen LogP contribution in [0, 0.1) is 5.92 Å². The molecule has 1 saturated heterocycles. The molecule has 0 unspecified atom stereocenters. The number of rotatable bonds is 1. The van der Waals surface area contributed by atoms with Crippen LogP contribution in [0.2, 0.25) is 0 Å². The number of likely N-dealkylation sites (tertiary alicyclic amines) is 1. The van der Waals surface area contributed by atoms with E-state index in [1.54, 1.807) is 11.8 Å². The number of alkyl halides is 1. The number of aliphatic hydroxyl groups is 1. The summed E-state index contributed by atoms with van der Waals surface area (Å²) in [6, 6.07) is 0. The highest BCUT2D eigenvalue weighted by Crippen LogP contribution is 2.17. The molecule has 0 aliphatic carbocycles. The molecule has 1 fully saturated rings. The number of carbonyl (C=O) groups is 1. The van der Waals surface area contributed by atoms with Crippen molar-refractivity contribution in [3.8, 4) is 0 Å². The maximum absolute atomic E-state index is 11.5. The predicted octanol–water partition coefficient (Wildman–Crippen LogP) is 0.843. The van der Waals surface area contributed by atoms with Crippen molar-refractivity contribution >= 4 is 17.5 Å². The zero-order valence-corrected chi connectivity index (χ0v) is 8.79. The SMILES string of the molecule is C[C@H](Cl)C(=O)N1CC[C@H](O)[C@H](C)C1. The van der Waals surface area contributed by atoms with Gasteiger partial charge in [0.1, 0.15) is 5.38 Å². The number of hydrogen-bond acceptors (Lipinski definition) is 2. The van der Waals surface area contributed by atoms with E-state index in [1.165, 1.54) is 0 Å². The molecule has 0 spiro atoms. The molecular weight excluding hydrogens is 190 g/mol. The maximum Gasteiger partial charge on any atom is 0.240 e. The molecule has 0 aromatic carbocycles. The Morgan fingerprint density at radius 3 is 2.77 bits per heavy atom. The van der Waals surface area contributed by atoms with Crippen molar-refractivity contribution in [3.05, 3.63) is 0 Å². The number of halogens is 1. The molecule has 0 bridgehead atoms. The Morgan fingerprint density at radius 1 is 1.69 bits per heavy atom. The molecule has 0 aromatic rings. The first-order valence-corrected chi connectivity index (χ1v) is 5.07. The van der Waals surface area contributed by atoms with E-state index in [0.717, 1.165) is 0 Å².